The fourth-order valence-corrected chi connectivity index (χ4v) is 4.58. The summed E-state index contributed by atoms with van der Waals surface area (Å²) < 4.78 is 10.7. The van der Waals surface area contributed by atoms with E-state index in [1.54, 1.807) is 18.2 Å². The first-order chi connectivity index (χ1) is 19.9. The van der Waals surface area contributed by atoms with Crippen molar-refractivity contribution in [2.45, 2.75) is 51.0 Å². The summed E-state index contributed by atoms with van der Waals surface area (Å²) in [4.78, 5) is 25.5. The standard InChI is InChI=1S/C20H18O9.C11H14O2/c21-7-12-17(25)18(26)19(27)20(29-12)28-11-6-5-10-13(16(11)24)15(23)9-4-2-1-3-8(9)14(10)22;1-8(2)3-4-9-7-10(12)5-6-11(9)13/h1-6,12,17-21,24-27H,7H2;3,5-7,12-13H,4H2,1-2H3/t12-,17-,18+,19-,20-;/m1./s1. The molecule has 11 heteroatoms. The first kappa shape index (κ1) is 30.7. The van der Waals surface area contributed by atoms with Crippen LogP contribution in [0.3, 0.4) is 0 Å². The van der Waals surface area contributed by atoms with Crippen molar-refractivity contribution in [3.63, 3.8) is 0 Å². The van der Waals surface area contributed by atoms with Crippen LogP contribution in [0.25, 0.3) is 0 Å². The van der Waals surface area contributed by atoms with E-state index >= 15 is 0 Å². The van der Waals surface area contributed by atoms with Crippen molar-refractivity contribution in [2.24, 2.45) is 0 Å². The fraction of sp³-hybridized carbons (Fsp3) is 0.290. The van der Waals surface area contributed by atoms with Crippen molar-refractivity contribution in [2.75, 3.05) is 6.61 Å². The summed E-state index contributed by atoms with van der Waals surface area (Å²) in [6.07, 6.45) is -5.01. The molecule has 0 aromatic heterocycles. The molecule has 1 heterocycles. The number of rotatable bonds is 5. The molecule has 0 saturated carbocycles. The Labute approximate surface area is 241 Å². The average molecular weight is 581 g/mol. The number of hydrogen-bond acceptors (Lipinski definition) is 11. The summed E-state index contributed by atoms with van der Waals surface area (Å²) >= 11 is 0. The number of phenols is 3. The van der Waals surface area contributed by atoms with Gasteiger partial charge < -0.3 is 45.2 Å². The van der Waals surface area contributed by atoms with Gasteiger partial charge in [-0.2, -0.15) is 0 Å². The largest absolute Gasteiger partial charge is 0.508 e. The van der Waals surface area contributed by atoms with Gasteiger partial charge in [0.25, 0.3) is 0 Å². The van der Waals surface area contributed by atoms with Gasteiger partial charge in [0.2, 0.25) is 6.29 Å². The number of aromatic hydroxyl groups is 3. The van der Waals surface area contributed by atoms with Gasteiger partial charge in [-0.25, -0.2) is 0 Å². The number of carbonyl (C=O) groups excluding carboxylic acids is 2. The smallest absolute Gasteiger partial charge is 0.229 e. The Kier molecular flexibility index (Phi) is 9.30. The molecular formula is C31H32O11. The molecule has 0 spiro atoms. The zero-order valence-corrected chi connectivity index (χ0v) is 22.8. The quantitative estimate of drug-likeness (QED) is 0.135. The number of hydrogen-bond donors (Lipinski definition) is 7. The number of aliphatic hydroxyl groups is 4. The Morgan fingerprint density at radius 1 is 0.857 bits per heavy atom. The van der Waals surface area contributed by atoms with E-state index in [4.69, 9.17) is 9.47 Å². The lowest BCUT2D eigenvalue weighted by molar-refractivity contribution is -0.277. The molecule has 5 atom stereocenters. The molecule has 0 amide bonds. The Balaban J connectivity index is 0.000000262. The van der Waals surface area contributed by atoms with E-state index in [2.05, 4.69) is 0 Å². The van der Waals surface area contributed by atoms with Crippen LogP contribution in [0.1, 0.15) is 51.3 Å². The van der Waals surface area contributed by atoms with Crippen LogP contribution >= 0.6 is 0 Å². The predicted octanol–water partition coefficient (Wildman–Crippen LogP) is 1.95. The zero-order chi connectivity index (χ0) is 30.7. The maximum atomic E-state index is 12.8. The lowest BCUT2D eigenvalue weighted by atomic mass is 9.83. The first-order valence-corrected chi connectivity index (χ1v) is 13.1. The monoisotopic (exact) mass is 580 g/mol. The summed E-state index contributed by atoms with van der Waals surface area (Å²) in [5, 5.41) is 68.2. The molecule has 7 N–H and O–H groups in total. The topological polar surface area (TPSA) is 194 Å². The molecule has 3 aromatic rings. The van der Waals surface area contributed by atoms with Crippen LogP contribution in [0.15, 0.2) is 66.2 Å². The van der Waals surface area contributed by atoms with E-state index in [1.807, 2.05) is 19.9 Å². The Bertz CT molecular complexity index is 1510. The summed E-state index contributed by atoms with van der Waals surface area (Å²) in [5.74, 6) is -1.46. The van der Waals surface area contributed by atoms with Crippen molar-refractivity contribution >= 4 is 11.6 Å². The molecule has 0 unspecified atom stereocenters. The molecule has 0 bridgehead atoms. The van der Waals surface area contributed by atoms with Crippen LogP contribution in [-0.2, 0) is 11.2 Å². The second-order valence-electron chi connectivity index (χ2n) is 10.2. The van der Waals surface area contributed by atoms with Crippen molar-refractivity contribution in [1.29, 1.82) is 0 Å². The highest BCUT2D eigenvalue weighted by Gasteiger charge is 2.45. The molecule has 1 aliphatic carbocycles. The summed E-state index contributed by atoms with van der Waals surface area (Å²) in [6, 6.07) is 13.3. The summed E-state index contributed by atoms with van der Waals surface area (Å²) in [6.45, 7) is 3.35. The Hall–Kier alpha value is -4.26. The molecule has 1 saturated heterocycles. The van der Waals surface area contributed by atoms with Crippen molar-refractivity contribution < 1.29 is 54.8 Å². The molecule has 222 valence electrons. The van der Waals surface area contributed by atoms with Gasteiger partial charge in [0.1, 0.15) is 35.9 Å². The van der Waals surface area contributed by atoms with Gasteiger partial charge in [-0.1, -0.05) is 35.9 Å². The molecular weight excluding hydrogens is 548 g/mol. The van der Waals surface area contributed by atoms with Crippen LogP contribution in [0.2, 0.25) is 0 Å². The zero-order valence-electron chi connectivity index (χ0n) is 22.8. The van der Waals surface area contributed by atoms with E-state index in [-0.39, 0.29) is 39.5 Å². The average Bonchev–Trinajstić information content (AvgIpc) is 2.97. The number of ether oxygens (including phenoxy) is 2. The maximum absolute atomic E-state index is 12.8. The number of benzene rings is 3. The highest BCUT2D eigenvalue weighted by molar-refractivity contribution is 6.29. The van der Waals surface area contributed by atoms with E-state index in [1.165, 1.54) is 42.0 Å². The molecule has 1 aliphatic heterocycles. The summed E-state index contributed by atoms with van der Waals surface area (Å²) in [7, 11) is 0. The molecule has 2 aliphatic rings. The van der Waals surface area contributed by atoms with Gasteiger partial charge in [0.15, 0.2) is 23.1 Å². The third kappa shape index (κ3) is 6.15. The van der Waals surface area contributed by atoms with E-state index < -0.39 is 54.6 Å². The van der Waals surface area contributed by atoms with Gasteiger partial charge in [-0.05, 0) is 50.6 Å². The molecule has 3 aromatic carbocycles. The molecule has 5 rings (SSSR count). The predicted molar refractivity (Wildman–Crippen MR) is 149 cm³/mol. The van der Waals surface area contributed by atoms with Gasteiger partial charge in [-0.15, -0.1) is 0 Å². The minimum Gasteiger partial charge on any atom is -0.508 e. The van der Waals surface area contributed by atoms with Gasteiger partial charge in [-0.3, -0.25) is 9.59 Å². The van der Waals surface area contributed by atoms with Crippen LogP contribution in [0.4, 0.5) is 0 Å². The van der Waals surface area contributed by atoms with E-state index in [0.717, 1.165) is 5.56 Å². The third-order valence-corrected chi connectivity index (χ3v) is 6.91. The van der Waals surface area contributed by atoms with Crippen LogP contribution < -0.4 is 4.74 Å². The van der Waals surface area contributed by atoms with Crippen LogP contribution in [0.5, 0.6) is 23.0 Å². The van der Waals surface area contributed by atoms with Crippen molar-refractivity contribution in [3.8, 4) is 23.0 Å². The van der Waals surface area contributed by atoms with Crippen molar-refractivity contribution in [3.05, 3.63) is 94.1 Å². The summed E-state index contributed by atoms with van der Waals surface area (Å²) in [5.41, 5.74) is 2.09. The Morgan fingerprint density at radius 2 is 1.52 bits per heavy atom. The number of allylic oxidation sites excluding steroid dienone is 2. The molecule has 11 nitrogen and oxygen atoms in total. The molecule has 42 heavy (non-hydrogen) atoms. The lowest BCUT2D eigenvalue weighted by Crippen LogP contribution is -2.60. The SMILES string of the molecule is CC(C)=CCc1cc(O)ccc1O.O=C1c2ccccc2C(=O)c2c1ccc(O[C@@H]1O[C@H](CO)[C@@H](O)[C@H](O)[C@H]1O)c2O. The lowest BCUT2D eigenvalue weighted by Gasteiger charge is -2.39. The number of aliphatic hydroxyl groups excluding tert-OH is 4. The van der Waals surface area contributed by atoms with Crippen molar-refractivity contribution in [1.82, 2.24) is 0 Å². The fourth-order valence-electron chi connectivity index (χ4n) is 4.58. The van der Waals surface area contributed by atoms with Gasteiger partial charge >= 0.3 is 0 Å². The highest BCUT2D eigenvalue weighted by Crippen LogP contribution is 2.39. The minimum atomic E-state index is -1.69. The van der Waals surface area contributed by atoms with E-state index in [9.17, 15) is 45.3 Å². The maximum Gasteiger partial charge on any atom is 0.229 e. The number of carbonyl (C=O) groups is 2. The number of ketones is 2. The number of phenolic OH excluding ortho intramolecular Hbond substituents is 3. The second-order valence-corrected chi connectivity index (χ2v) is 10.2. The van der Waals surface area contributed by atoms with Crippen LogP contribution in [-0.4, -0.2) is 84.6 Å². The minimum absolute atomic E-state index is 0.00681. The molecule has 0 radical (unpaired) electrons. The van der Waals surface area contributed by atoms with Gasteiger partial charge in [0, 0.05) is 22.3 Å². The highest BCUT2D eigenvalue weighted by atomic mass is 16.7. The van der Waals surface area contributed by atoms with Gasteiger partial charge in [0.05, 0.1) is 12.2 Å². The first-order valence-electron chi connectivity index (χ1n) is 13.1. The van der Waals surface area contributed by atoms with Crippen LogP contribution in [0, 0.1) is 0 Å². The second kappa shape index (κ2) is 12.7. The number of fused-ring (bicyclic) bond motifs is 2. The third-order valence-electron chi connectivity index (χ3n) is 6.91. The normalized spacial score (nSPS) is 22.8. The molecule has 1 fully saturated rings. The van der Waals surface area contributed by atoms with E-state index in [0.29, 0.717) is 6.42 Å². The Morgan fingerprint density at radius 3 is 2.17 bits per heavy atom.